The fourth-order valence-electron chi connectivity index (χ4n) is 4.50. The van der Waals surface area contributed by atoms with Gasteiger partial charge in [-0.25, -0.2) is 8.78 Å². The number of fused-ring (bicyclic) bond motifs is 1. The van der Waals surface area contributed by atoms with E-state index in [1.54, 1.807) is 12.1 Å². The number of nitrogens with two attached hydrogens (primary N) is 1. The van der Waals surface area contributed by atoms with Gasteiger partial charge in [-0.05, 0) is 35.9 Å². The summed E-state index contributed by atoms with van der Waals surface area (Å²) in [7, 11) is 0. The van der Waals surface area contributed by atoms with Crippen LogP contribution in [0.4, 0.5) is 8.78 Å². The van der Waals surface area contributed by atoms with Crippen molar-refractivity contribution in [3.63, 3.8) is 0 Å². The summed E-state index contributed by atoms with van der Waals surface area (Å²) in [5.41, 5.74) is 5.91. The number of halogens is 4. The normalized spacial score (nSPS) is 15.1. The van der Waals surface area contributed by atoms with Crippen LogP contribution in [-0.4, -0.2) is 10.5 Å². The second-order valence-corrected chi connectivity index (χ2v) is 10.6. The van der Waals surface area contributed by atoms with E-state index in [1.165, 1.54) is 36.4 Å². The Labute approximate surface area is 240 Å². The molecule has 4 aromatic rings. The molecule has 1 aromatic heterocycles. The number of benzene rings is 3. The van der Waals surface area contributed by atoms with Gasteiger partial charge in [-0.2, -0.15) is 5.26 Å². The van der Waals surface area contributed by atoms with Gasteiger partial charge in [0.2, 0.25) is 0 Å². The van der Waals surface area contributed by atoms with Gasteiger partial charge in [-0.1, -0.05) is 65.7 Å². The number of allylic oxidation sites excluding steroid dienone is 1. The number of thiazole rings is 1. The highest BCUT2D eigenvalue weighted by Gasteiger charge is 2.38. The molecule has 2 heterocycles. The van der Waals surface area contributed by atoms with Crippen molar-refractivity contribution >= 4 is 57.9 Å². The lowest BCUT2D eigenvalue weighted by atomic mass is 9.83. The van der Waals surface area contributed by atoms with E-state index >= 15 is 4.39 Å². The Hall–Kier alpha value is -4.23. The van der Waals surface area contributed by atoms with Gasteiger partial charge >= 0.3 is 0 Å². The van der Waals surface area contributed by atoms with Gasteiger partial charge in [0, 0.05) is 22.7 Å². The largest absolute Gasteiger partial charge is 0.384 e. The molecule has 0 saturated carbocycles. The molecular formula is C29H18Cl2F2N4O2S. The van der Waals surface area contributed by atoms with Crippen molar-refractivity contribution < 1.29 is 13.6 Å². The molecule has 40 heavy (non-hydrogen) atoms. The van der Waals surface area contributed by atoms with Crippen LogP contribution in [0.1, 0.15) is 22.6 Å². The lowest BCUT2D eigenvalue weighted by Gasteiger charge is -2.26. The Balaban J connectivity index is 1.82. The molecule has 200 valence electrons. The van der Waals surface area contributed by atoms with Crippen LogP contribution in [0.25, 0.3) is 17.5 Å². The first-order valence-electron chi connectivity index (χ1n) is 11.8. The van der Waals surface area contributed by atoms with Crippen molar-refractivity contribution in [2.75, 3.05) is 0 Å². The summed E-state index contributed by atoms with van der Waals surface area (Å²) in [6.45, 7) is 0.113. The van der Waals surface area contributed by atoms with Crippen molar-refractivity contribution in [1.29, 1.82) is 5.26 Å². The summed E-state index contributed by atoms with van der Waals surface area (Å²) in [5, 5.41) is 13.0. The van der Waals surface area contributed by atoms with E-state index in [0.717, 1.165) is 27.5 Å². The summed E-state index contributed by atoms with van der Waals surface area (Å²) in [6.07, 6.45) is 1.25. The highest BCUT2D eigenvalue weighted by molar-refractivity contribution is 7.07. The fourth-order valence-corrected chi connectivity index (χ4v) is 6.14. The molecule has 6 nitrogen and oxygen atoms in total. The lowest BCUT2D eigenvalue weighted by Crippen LogP contribution is -2.42. The Morgan fingerprint density at radius 2 is 1.73 bits per heavy atom. The molecule has 1 aliphatic heterocycles. The summed E-state index contributed by atoms with van der Waals surface area (Å²) in [5.74, 6) is -3.70. The molecule has 1 unspecified atom stereocenters. The molecule has 1 aliphatic rings. The molecule has 0 fully saturated rings. The SMILES string of the molecule is N#CC1=C(N)n2c(s/c(=C\c3c(F)cccc3Cl)c2=O)=C(C(=O)NCc2ccccc2)C1c1c(F)cccc1Cl. The fraction of sp³-hybridized carbons (Fsp3) is 0.0690. The zero-order valence-corrected chi connectivity index (χ0v) is 22.7. The minimum Gasteiger partial charge on any atom is -0.384 e. The number of amides is 1. The van der Waals surface area contributed by atoms with E-state index in [0.29, 0.717) is 0 Å². The van der Waals surface area contributed by atoms with Crippen molar-refractivity contribution in [3.8, 4) is 6.07 Å². The molecule has 0 bridgehead atoms. The first-order valence-corrected chi connectivity index (χ1v) is 13.4. The van der Waals surface area contributed by atoms with E-state index in [2.05, 4.69) is 5.32 Å². The highest BCUT2D eigenvalue weighted by Crippen LogP contribution is 2.40. The van der Waals surface area contributed by atoms with E-state index in [9.17, 15) is 19.2 Å². The maximum Gasteiger partial charge on any atom is 0.274 e. The maximum absolute atomic E-state index is 15.3. The van der Waals surface area contributed by atoms with Crippen LogP contribution in [0.3, 0.4) is 0 Å². The average molecular weight is 595 g/mol. The Morgan fingerprint density at radius 3 is 2.38 bits per heavy atom. The smallest absolute Gasteiger partial charge is 0.274 e. The standard InChI is InChI=1S/C29H18Cl2F2N4O2S/c30-18-8-4-10-20(32)16(18)12-22-28(39)37-26(35)17(13-34)23(24-19(31)9-5-11-21(24)33)25(29(37)40-22)27(38)36-14-15-6-2-1-3-7-15/h1-12,23H,14,35H2,(H,36,38)/b22-12-. The minimum atomic E-state index is -1.32. The van der Waals surface area contributed by atoms with Crippen LogP contribution in [0.2, 0.25) is 10.0 Å². The quantitative estimate of drug-likeness (QED) is 0.361. The number of aromatic nitrogens is 1. The van der Waals surface area contributed by atoms with E-state index in [1.807, 2.05) is 24.3 Å². The Bertz CT molecular complexity index is 1890. The van der Waals surface area contributed by atoms with Gasteiger partial charge in [0.25, 0.3) is 11.5 Å². The number of nitriles is 1. The van der Waals surface area contributed by atoms with Crippen LogP contribution in [0, 0.1) is 23.0 Å². The predicted molar refractivity (Wildman–Crippen MR) is 152 cm³/mol. The zero-order chi connectivity index (χ0) is 28.6. The minimum absolute atomic E-state index is 0.00382. The maximum atomic E-state index is 15.3. The van der Waals surface area contributed by atoms with Gasteiger partial charge in [-0.15, -0.1) is 11.3 Å². The van der Waals surface area contributed by atoms with Crippen molar-refractivity contribution in [2.45, 2.75) is 12.5 Å². The first kappa shape index (κ1) is 27.3. The van der Waals surface area contributed by atoms with Gasteiger partial charge in [0.15, 0.2) is 0 Å². The molecular weight excluding hydrogens is 577 g/mol. The van der Waals surface area contributed by atoms with Crippen LogP contribution < -0.4 is 25.8 Å². The summed E-state index contributed by atoms with van der Waals surface area (Å²) >= 11 is 13.4. The summed E-state index contributed by atoms with van der Waals surface area (Å²) in [6, 6.07) is 19.1. The van der Waals surface area contributed by atoms with E-state index in [4.69, 9.17) is 28.9 Å². The van der Waals surface area contributed by atoms with Crippen LogP contribution in [-0.2, 0) is 11.3 Å². The molecule has 0 spiro atoms. The molecule has 1 atom stereocenters. The number of carbonyl (C=O) groups excluding carboxylic acids is 1. The number of nitrogens with one attached hydrogen (secondary N) is 1. The molecule has 1 amide bonds. The monoisotopic (exact) mass is 594 g/mol. The average Bonchev–Trinajstić information content (AvgIpc) is 3.26. The number of carbonyl (C=O) groups is 1. The van der Waals surface area contributed by atoms with Crippen LogP contribution in [0.5, 0.6) is 0 Å². The molecule has 11 heteroatoms. The molecule has 3 N–H and O–H groups in total. The summed E-state index contributed by atoms with van der Waals surface area (Å²) in [4.78, 5) is 27.4. The van der Waals surface area contributed by atoms with Crippen molar-refractivity contribution in [3.05, 3.63) is 130 Å². The number of rotatable bonds is 5. The third-order valence-electron chi connectivity index (χ3n) is 6.37. The Morgan fingerprint density at radius 1 is 1.05 bits per heavy atom. The summed E-state index contributed by atoms with van der Waals surface area (Å²) < 4.78 is 30.9. The van der Waals surface area contributed by atoms with Crippen LogP contribution >= 0.6 is 34.5 Å². The second kappa shape index (κ2) is 11.1. The Kier molecular flexibility index (Phi) is 7.59. The van der Waals surface area contributed by atoms with Gasteiger partial charge in [0.1, 0.15) is 22.1 Å². The lowest BCUT2D eigenvalue weighted by molar-refractivity contribution is -0.116. The molecule has 5 rings (SSSR count). The van der Waals surface area contributed by atoms with Gasteiger partial charge in [-0.3, -0.25) is 14.2 Å². The van der Waals surface area contributed by atoms with Gasteiger partial charge < -0.3 is 11.1 Å². The predicted octanol–water partition coefficient (Wildman–Crippen LogP) is 4.24. The second-order valence-electron chi connectivity index (χ2n) is 8.75. The molecule has 0 saturated heterocycles. The third kappa shape index (κ3) is 4.82. The van der Waals surface area contributed by atoms with Gasteiger partial charge in [0.05, 0.1) is 32.7 Å². The zero-order valence-electron chi connectivity index (χ0n) is 20.4. The van der Waals surface area contributed by atoms with E-state index in [-0.39, 0.29) is 53.9 Å². The number of nitrogens with zero attached hydrogens (tertiary/aromatic N) is 2. The molecule has 0 radical (unpaired) electrons. The first-order chi connectivity index (χ1) is 19.2. The topological polar surface area (TPSA) is 101 Å². The molecule has 0 aliphatic carbocycles. The van der Waals surface area contributed by atoms with Crippen molar-refractivity contribution in [1.82, 2.24) is 9.88 Å². The van der Waals surface area contributed by atoms with Crippen LogP contribution in [0.15, 0.2) is 77.1 Å². The number of hydrogen-bond acceptors (Lipinski definition) is 5. The van der Waals surface area contributed by atoms with Crippen molar-refractivity contribution in [2.24, 2.45) is 5.73 Å². The number of hydrogen-bond donors (Lipinski definition) is 2. The highest BCUT2D eigenvalue weighted by atomic mass is 35.5. The molecule has 3 aromatic carbocycles. The van der Waals surface area contributed by atoms with E-state index < -0.39 is 29.0 Å². The third-order valence-corrected chi connectivity index (χ3v) is 8.14.